The van der Waals surface area contributed by atoms with Crippen molar-refractivity contribution in [1.29, 1.82) is 0 Å². The lowest BCUT2D eigenvalue weighted by Gasteiger charge is -2.32. The van der Waals surface area contributed by atoms with Crippen LogP contribution in [-0.4, -0.2) is 68.9 Å². The molecule has 0 unspecified atom stereocenters. The van der Waals surface area contributed by atoms with Crippen LogP contribution in [0.4, 0.5) is 17.1 Å². The van der Waals surface area contributed by atoms with E-state index in [4.69, 9.17) is 0 Å². The smallest absolute Gasteiger partial charge is 0.240 e. The molecular weight excluding hydrogens is 486 g/mol. The van der Waals surface area contributed by atoms with Crippen LogP contribution in [0.25, 0.3) is 11.3 Å². The van der Waals surface area contributed by atoms with Crippen LogP contribution in [0.15, 0.2) is 78.9 Å². The molecule has 2 amide bonds. The summed E-state index contributed by atoms with van der Waals surface area (Å²) in [7, 11) is 3.94. The van der Waals surface area contributed by atoms with Gasteiger partial charge in [0.2, 0.25) is 12.3 Å². The van der Waals surface area contributed by atoms with Crippen molar-refractivity contribution in [1.82, 2.24) is 9.80 Å². The minimum Gasteiger partial charge on any atom is -0.355 e. The molecule has 39 heavy (non-hydrogen) atoms. The maximum Gasteiger partial charge on any atom is 0.240 e. The van der Waals surface area contributed by atoms with Crippen molar-refractivity contribution in [3.8, 4) is 0 Å². The molecule has 7 heteroatoms. The summed E-state index contributed by atoms with van der Waals surface area (Å²) in [6.45, 7) is 10.3. The molecule has 0 aliphatic carbocycles. The predicted molar refractivity (Wildman–Crippen MR) is 164 cm³/mol. The van der Waals surface area contributed by atoms with Gasteiger partial charge in [-0.3, -0.25) is 14.5 Å². The summed E-state index contributed by atoms with van der Waals surface area (Å²) in [5.41, 5.74) is 6.42. The van der Waals surface area contributed by atoms with E-state index in [0.29, 0.717) is 13.0 Å². The molecule has 0 bridgehead atoms. The molecule has 1 saturated heterocycles. The van der Waals surface area contributed by atoms with Gasteiger partial charge in [-0.2, -0.15) is 0 Å². The van der Waals surface area contributed by atoms with Gasteiger partial charge in [-0.25, -0.2) is 0 Å². The number of benzene rings is 3. The third-order valence-corrected chi connectivity index (χ3v) is 6.84. The zero-order valence-corrected chi connectivity index (χ0v) is 23.8. The standard InChI is InChI=1S/C30H35N5O2.C2H6/c1-23(27-11-7-8-12-28(27)31-22-36)30(24-9-5-4-6-10-24)32-25-13-15-26(16-14-25)34(3)29(37)21-35-19-17-33(2)18-20-35;1-2/h4-16,22,32H,17-21H2,1-3H3,(H,31,36);1-2H3/b30-23+;. The number of anilines is 3. The summed E-state index contributed by atoms with van der Waals surface area (Å²) in [5.74, 6) is 0.0882. The van der Waals surface area contributed by atoms with E-state index in [0.717, 1.165) is 65.6 Å². The van der Waals surface area contributed by atoms with Crippen LogP contribution in [0, 0.1) is 0 Å². The summed E-state index contributed by atoms with van der Waals surface area (Å²) >= 11 is 0. The number of para-hydroxylation sites is 1. The fourth-order valence-corrected chi connectivity index (χ4v) is 4.48. The summed E-state index contributed by atoms with van der Waals surface area (Å²) in [6.07, 6.45) is 0.696. The predicted octanol–water partition coefficient (Wildman–Crippen LogP) is 5.49. The Kier molecular flexibility index (Phi) is 11.3. The van der Waals surface area contributed by atoms with Crippen molar-refractivity contribution in [2.24, 2.45) is 0 Å². The Bertz CT molecular complexity index is 1230. The number of amides is 2. The van der Waals surface area contributed by atoms with Crippen molar-refractivity contribution in [3.05, 3.63) is 90.0 Å². The number of allylic oxidation sites excluding steroid dienone is 1. The molecule has 0 saturated carbocycles. The first kappa shape index (κ1) is 29.6. The highest BCUT2D eigenvalue weighted by Gasteiger charge is 2.19. The van der Waals surface area contributed by atoms with E-state index in [1.807, 2.05) is 94.5 Å². The molecule has 0 aromatic heterocycles. The fourth-order valence-electron chi connectivity index (χ4n) is 4.48. The molecule has 3 aromatic rings. The topological polar surface area (TPSA) is 67.9 Å². The first-order valence-electron chi connectivity index (χ1n) is 13.6. The highest BCUT2D eigenvalue weighted by molar-refractivity contribution is 5.99. The van der Waals surface area contributed by atoms with Gasteiger partial charge >= 0.3 is 0 Å². The number of nitrogens with zero attached hydrogens (tertiary/aromatic N) is 3. The third-order valence-electron chi connectivity index (χ3n) is 6.84. The summed E-state index contributed by atoms with van der Waals surface area (Å²) in [6, 6.07) is 25.8. The van der Waals surface area contributed by atoms with E-state index in [1.165, 1.54) is 0 Å². The molecule has 7 nitrogen and oxygen atoms in total. The third kappa shape index (κ3) is 8.02. The van der Waals surface area contributed by atoms with E-state index in [1.54, 1.807) is 4.90 Å². The Morgan fingerprint density at radius 1 is 0.897 bits per heavy atom. The Balaban J connectivity index is 0.00000205. The van der Waals surface area contributed by atoms with Crippen LogP contribution in [0.5, 0.6) is 0 Å². The van der Waals surface area contributed by atoms with Gasteiger partial charge in [0, 0.05) is 61.5 Å². The van der Waals surface area contributed by atoms with E-state index >= 15 is 0 Å². The molecule has 1 heterocycles. The Labute approximate surface area is 233 Å². The number of hydrogen-bond donors (Lipinski definition) is 2. The molecule has 1 fully saturated rings. The quantitative estimate of drug-likeness (QED) is 0.284. The number of nitrogens with one attached hydrogen (secondary N) is 2. The van der Waals surface area contributed by atoms with Crippen LogP contribution in [0.3, 0.4) is 0 Å². The van der Waals surface area contributed by atoms with Gasteiger partial charge < -0.3 is 20.4 Å². The van der Waals surface area contributed by atoms with Crippen molar-refractivity contribution < 1.29 is 9.59 Å². The normalized spacial score (nSPS) is 14.4. The van der Waals surface area contributed by atoms with Crippen LogP contribution >= 0.6 is 0 Å². The molecule has 2 N–H and O–H groups in total. The lowest BCUT2D eigenvalue weighted by molar-refractivity contribution is -0.119. The van der Waals surface area contributed by atoms with E-state index in [9.17, 15) is 9.59 Å². The molecule has 0 atom stereocenters. The first-order valence-corrected chi connectivity index (χ1v) is 13.6. The van der Waals surface area contributed by atoms with Gasteiger partial charge in [0.1, 0.15) is 0 Å². The monoisotopic (exact) mass is 527 g/mol. The van der Waals surface area contributed by atoms with Crippen molar-refractivity contribution in [2.75, 3.05) is 62.4 Å². The zero-order valence-electron chi connectivity index (χ0n) is 23.8. The fraction of sp³-hybridized carbons (Fsp3) is 0.312. The Morgan fingerprint density at radius 2 is 1.51 bits per heavy atom. The summed E-state index contributed by atoms with van der Waals surface area (Å²) < 4.78 is 0. The number of piperazine rings is 1. The molecule has 1 aliphatic heterocycles. The van der Waals surface area contributed by atoms with Gasteiger partial charge in [-0.1, -0.05) is 62.4 Å². The highest BCUT2D eigenvalue weighted by Crippen LogP contribution is 2.32. The SMILES string of the molecule is C/C(=C(\Nc1ccc(N(C)C(=O)CN2CCN(C)CC2)cc1)c1ccccc1)c1ccccc1NC=O.CC. The van der Waals surface area contributed by atoms with Crippen LogP contribution in [0.2, 0.25) is 0 Å². The highest BCUT2D eigenvalue weighted by atomic mass is 16.2. The number of hydrogen-bond acceptors (Lipinski definition) is 5. The summed E-state index contributed by atoms with van der Waals surface area (Å²) in [4.78, 5) is 30.3. The molecule has 4 rings (SSSR count). The summed E-state index contributed by atoms with van der Waals surface area (Å²) in [5, 5.41) is 6.38. The zero-order chi connectivity index (χ0) is 28.2. The molecule has 0 radical (unpaired) electrons. The van der Waals surface area contributed by atoms with Crippen LogP contribution in [0.1, 0.15) is 31.9 Å². The largest absolute Gasteiger partial charge is 0.355 e. The average molecular weight is 528 g/mol. The van der Waals surface area contributed by atoms with Crippen LogP contribution in [-0.2, 0) is 9.59 Å². The van der Waals surface area contributed by atoms with Gasteiger partial charge in [-0.15, -0.1) is 0 Å². The second-order valence-electron chi connectivity index (χ2n) is 9.38. The average Bonchev–Trinajstić information content (AvgIpc) is 2.98. The molecule has 0 spiro atoms. The Morgan fingerprint density at radius 3 is 2.15 bits per heavy atom. The number of carbonyl (C=O) groups is 2. The van der Waals surface area contributed by atoms with Gasteiger partial charge in [0.15, 0.2) is 0 Å². The molecular formula is C32H41N5O2. The molecule has 3 aromatic carbocycles. The second kappa shape index (κ2) is 14.9. The Hall–Kier alpha value is -3.94. The van der Waals surface area contributed by atoms with Gasteiger partial charge in [0.05, 0.1) is 6.54 Å². The van der Waals surface area contributed by atoms with Gasteiger partial charge in [0.25, 0.3) is 0 Å². The van der Waals surface area contributed by atoms with Crippen molar-refractivity contribution in [3.63, 3.8) is 0 Å². The van der Waals surface area contributed by atoms with E-state index in [-0.39, 0.29) is 5.91 Å². The van der Waals surface area contributed by atoms with E-state index < -0.39 is 0 Å². The first-order chi connectivity index (χ1) is 19.0. The van der Waals surface area contributed by atoms with Gasteiger partial charge in [-0.05, 0) is 55.4 Å². The number of rotatable bonds is 9. The second-order valence-corrected chi connectivity index (χ2v) is 9.38. The molecule has 206 valence electrons. The van der Waals surface area contributed by atoms with Crippen molar-refractivity contribution in [2.45, 2.75) is 20.8 Å². The van der Waals surface area contributed by atoms with Crippen molar-refractivity contribution >= 4 is 40.6 Å². The maximum absolute atomic E-state index is 12.9. The molecule has 1 aliphatic rings. The minimum absolute atomic E-state index is 0.0882. The lowest BCUT2D eigenvalue weighted by Crippen LogP contribution is -2.48. The minimum atomic E-state index is 0.0882. The van der Waals surface area contributed by atoms with Crippen LogP contribution < -0.4 is 15.5 Å². The number of likely N-dealkylation sites (N-methyl/N-ethyl adjacent to an activating group) is 2. The van der Waals surface area contributed by atoms with E-state index in [2.05, 4.69) is 39.6 Å². The maximum atomic E-state index is 12.9. The number of carbonyl (C=O) groups excluding carboxylic acids is 2. The lowest BCUT2D eigenvalue weighted by atomic mass is 9.99.